The summed E-state index contributed by atoms with van der Waals surface area (Å²) in [5.74, 6) is 0.367. The lowest BCUT2D eigenvalue weighted by Gasteiger charge is -2.06. The Morgan fingerprint density at radius 3 is 2.82 bits per heavy atom. The Morgan fingerprint density at radius 2 is 2.06 bits per heavy atom. The molecule has 0 radical (unpaired) electrons. The molecule has 0 aliphatic heterocycles. The molecule has 0 spiro atoms. The van der Waals surface area contributed by atoms with Gasteiger partial charge in [-0.05, 0) is 55.0 Å². The lowest BCUT2D eigenvalue weighted by Crippen LogP contribution is -1.91. The Morgan fingerprint density at radius 1 is 1.24 bits per heavy atom. The predicted octanol–water partition coefficient (Wildman–Crippen LogP) is 3.94. The molecule has 88 valence electrons. The summed E-state index contributed by atoms with van der Waals surface area (Å²) in [7, 11) is 0. The Hall–Kier alpha value is -1.76. The number of benzene rings is 1. The Balaban J connectivity index is 2.31. The van der Waals surface area contributed by atoms with Crippen molar-refractivity contribution < 1.29 is 5.11 Å². The van der Waals surface area contributed by atoms with Gasteiger partial charge in [-0.25, -0.2) is 0 Å². The number of allylic oxidation sites excluding steroid dienone is 5. The molecule has 0 unspecified atom stereocenters. The first kappa shape index (κ1) is 11.7. The third kappa shape index (κ3) is 2.68. The van der Waals surface area contributed by atoms with Crippen LogP contribution in [0.25, 0.3) is 0 Å². The average Bonchev–Trinajstić information content (AvgIpc) is 2.46. The van der Waals surface area contributed by atoms with Gasteiger partial charge in [-0.15, -0.1) is 0 Å². The quantitative estimate of drug-likeness (QED) is 0.757. The van der Waals surface area contributed by atoms with Crippen molar-refractivity contribution in [1.82, 2.24) is 0 Å². The van der Waals surface area contributed by atoms with E-state index in [1.807, 2.05) is 24.3 Å². The van der Waals surface area contributed by atoms with Crippen molar-refractivity contribution in [3.05, 3.63) is 65.3 Å². The van der Waals surface area contributed by atoms with Gasteiger partial charge in [0, 0.05) is 0 Å². The molecule has 0 heterocycles. The molecule has 1 nitrogen and oxygen atoms in total. The first-order valence-corrected chi connectivity index (χ1v) is 5.99. The van der Waals surface area contributed by atoms with E-state index in [2.05, 4.69) is 19.6 Å². The van der Waals surface area contributed by atoms with E-state index < -0.39 is 0 Å². The van der Waals surface area contributed by atoms with E-state index in [1.54, 1.807) is 6.07 Å². The van der Waals surface area contributed by atoms with Gasteiger partial charge in [0.05, 0.1) is 0 Å². The summed E-state index contributed by atoms with van der Waals surface area (Å²) in [5, 5.41) is 9.51. The molecule has 1 aliphatic carbocycles. The van der Waals surface area contributed by atoms with E-state index in [-0.39, 0.29) is 0 Å². The van der Waals surface area contributed by atoms with Crippen molar-refractivity contribution >= 4 is 0 Å². The topological polar surface area (TPSA) is 20.2 Å². The van der Waals surface area contributed by atoms with E-state index in [1.165, 1.54) is 22.3 Å². The Bertz CT molecular complexity index is 492. The lowest BCUT2D eigenvalue weighted by molar-refractivity contribution is 0.474. The molecule has 0 aromatic heterocycles. The van der Waals surface area contributed by atoms with Crippen LogP contribution in [0.2, 0.25) is 0 Å². The van der Waals surface area contributed by atoms with Crippen molar-refractivity contribution in [1.29, 1.82) is 0 Å². The van der Waals surface area contributed by atoms with Gasteiger partial charge in [0.1, 0.15) is 5.75 Å². The summed E-state index contributed by atoms with van der Waals surface area (Å²) in [6, 6.07) is 5.70. The number of hydrogen-bond acceptors (Lipinski definition) is 1. The predicted molar refractivity (Wildman–Crippen MR) is 72.2 cm³/mol. The molecule has 1 aromatic carbocycles. The molecule has 1 aliphatic rings. The van der Waals surface area contributed by atoms with Crippen LogP contribution in [-0.2, 0) is 12.8 Å². The molecule has 0 atom stereocenters. The second-order valence-electron chi connectivity index (χ2n) is 4.53. The van der Waals surface area contributed by atoms with E-state index in [0.717, 1.165) is 19.3 Å². The minimum absolute atomic E-state index is 0.367. The number of aromatic hydroxyl groups is 1. The second kappa shape index (κ2) is 5.05. The standard InChI is InChI=1S/C16H18O/c1-3-4-5-13-6-7-15-11-16(17)9-8-14(15)10-12(13)2/h3-5,8-9,11,17H,1,6-7,10H2,2H3/b5-4-. The molecule has 1 N–H and O–H groups in total. The van der Waals surface area contributed by atoms with Gasteiger partial charge in [0.2, 0.25) is 0 Å². The fraction of sp³-hybridized carbons (Fsp3) is 0.250. The summed E-state index contributed by atoms with van der Waals surface area (Å²) < 4.78 is 0. The molecular formula is C16H18O. The summed E-state index contributed by atoms with van der Waals surface area (Å²) in [5.41, 5.74) is 5.40. The minimum Gasteiger partial charge on any atom is -0.508 e. The highest BCUT2D eigenvalue weighted by molar-refractivity contribution is 5.42. The summed E-state index contributed by atoms with van der Waals surface area (Å²) in [6.45, 7) is 5.89. The highest BCUT2D eigenvalue weighted by Gasteiger charge is 2.12. The van der Waals surface area contributed by atoms with Crippen molar-refractivity contribution in [2.24, 2.45) is 0 Å². The van der Waals surface area contributed by atoms with E-state index in [4.69, 9.17) is 0 Å². The van der Waals surface area contributed by atoms with Crippen molar-refractivity contribution in [2.45, 2.75) is 26.2 Å². The largest absolute Gasteiger partial charge is 0.508 e. The molecule has 1 heteroatoms. The third-order valence-corrected chi connectivity index (χ3v) is 3.29. The molecule has 0 saturated carbocycles. The monoisotopic (exact) mass is 226 g/mol. The van der Waals surface area contributed by atoms with Crippen molar-refractivity contribution in [3.8, 4) is 5.75 Å². The zero-order valence-corrected chi connectivity index (χ0v) is 10.2. The lowest BCUT2D eigenvalue weighted by atomic mass is 10.0. The molecule has 0 fully saturated rings. The van der Waals surface area contributed by atoms with Gasteiger partial charge < -0.3 is 5.11 Å². The van der Waals surface area contributed by atoms with Crippen LogP contribution in [0.3, 0.4) is 0 Å². The van der Waals surface area contributed by atoms with Crippen LogP contribution in [0.5, 0.6) is 5.75 Å². The normalized spacial score (nSPS) is 15.8. The maximum atomic E-state index is 9.51. The average molecular weight is 226 g/mol. The van der Waals surface area contributed by atoms with Crippen LogP contribution < -0.4 is 0 Å². The summed E-state index contributed by atoms with van der Waals surface area (Å²) >= 11 is 0. The number of phenols is 1. The van der Waals surface area contributed by atoms with Gasteiger partial charge in [0.15, 0.2) is 0 Å². The summed E-state index contributed by atoms with van der Waals surface area (Å²) in [6.07, 6.45) is 8.96. The van der Waals surface area contributed by atoms with E-state index in [0.29, 0.717) is 5.75 Å². The molecule has 0 amide bonds. The molecule has 0 bridgehead atoms. The number of rotatable bonds is 2. The van der Waals surface area contributed by atoms with Gasteiger partial charge in [-0.1, -0.05) is 36.4 Å². The molecule has 2 rings (SSSR count). The van der Waals surface area contributed by atoms with Crippen LogP contribution in [-0.4, -0.2) is 5.11 Å². The van der Waals surface area contributed by atoms with Crippen LogP contribution in [0.4, 0.5) is 0 Å². The van der Waals surface area contributed by atoms with Crippen LogP contribution in [0.1, 0.15) is 24.5 Å². The Labute approximate surface area is 103 Å². The SMILES string of the molecule is C=C/C=C\C1=C(C)Cc2ccc(O)cc2CC1. The third-order valence-electron chi connectivity index (χ3n) is 3.29. The first-order valence-electron chi connectivity index (χ1n) is 5.99. The minimum atomic E-state index is 0.367. The zero-order chi connectivity index (χ0) is 12.3. The fourth-order valence-corrected chi connectivity index (χ4v) is 2.31. The van der Waals surface area contributed by atoms with Crippen LogP contribution in [0.15, 0.2) is 54.2 Å². The van der Waals surface area contributed by atoms with Gasteiger partial charge in [-0.2, -0.15) is 0 Å². The van der Waals surface area contributed by atoms with Gasteiger partial charge in [-0.3, -0.25) is 0 Å². The highest BCUT2D eigenvalue weighted by Crippen LogP contribution is 2.28. The summed E-state index contributed by atoms with van der Waals surface area (Å²) in [4.78, 5) is 0. The fourth-order valence-electron chi connectivity index (χ4n) is 2.31. The Kier molecular flexibility index (Phi) is 3.48. The molecular weight excluding hydrogens is 208 g/mol. The molecule has 0 saturated heterocycles. The number of hydrogen-bond donors (Lipinski definition) is 1. The second-order valence-corrected chi connectivity index (χ2v) is 4.53. The maximum absolute atomic E-state index is 9.51. The van der Waals surface area contributed by atoms with Gasteiger partial charge in [0.25, 0.3) is 0 Å². The maximum Gasteiger partial charge on any atom is 0.115 e. The van der Waals surface area contributed by atoms with E-state index in [9.17, 15) is 5.11 Å². The number of phenolic OH excluding ortho intramolecular Hbond substituents is 1. The van der Waals surface area contributed by atoms with Crippen molar-refractivity contribution in [3.63, 3.8) is 0 Å². The van der Waals surface area contributed by atoms with E-state index >= 15 is 0 Å². The number of aryl methyl sites for hydroxylation is 1. The van der Waals surface area contributed by atoms with Gasteiger partial charge >= 0.3 is 0 Å². The van der Waals surface area contributed by atoms with Crippen LogP contribution in [0, 0.1) is 0 Å². The first-order chi connectivity index (χ1) is 8.20. The molecule has 17 heavy (non-hydrogen) atoms. The highest BCUT2D eigenvalue weighted by atomic mass is 16.3. The molecule has 1 aromatic rings. The van der Waals surface area contributed by atoms with Crippen molar-refractivity contribution in [2.75, 3.05) is 0 Å². The zero-order valence-electron chi connectivity index (χ0n) is 10.2. The number of fused-ring (bicyclic) bond motifs is 1. The smallest absolute Gasteiger partial charge is 0.115 e. The van der Waals surface area contributed by atoms with Crippen LogP contribution >= 0.6 is 0 Å².